The van der Waals surface area contributed by atoms with Gasteiger partial charge in [0.25, 0.3) is 5.91 Å². The average molecular weight is 624 g/mol. The largest absolute Gasteiger partial charge is 0.419 e. The minimum Gasteiger partial charge on any atom is -0.338 e. The third-order valence-electron chi connectivity index (χ3n) is 7.06. The van der Waals surface area contributed by atoms with Gasteiger partial charge in [-0.25, -0.2) is 13.2 Å². The maximum Gasteiger partial charge on any atom is 0.419 e. The Bertz CT molecular complexity index is 1650. The van der Waals surface area contributed by atoms with Gasteiger partial charge in [0.1, 0.15) is 17.5 Å². The van der Waals surface area contributed by atoms with Crippen LogP contribution in [0.4, 0.5) is 39.5 Å². The van der Waals surface area contributed by atoms with E-state index in [9.17, 15) is 44.3 Å². The normalized spacial score (nSPS) is 13.5. The Balaban J connectivity index is 2.03. The van der Waals surface area contributed by atoms with E-state index in [0.29, 0.717) is 17.7 Å². The zero-order chi connectivity index (χ0) is 32.4. The Morgan fingerprint density at radius 2 is 1.34 bits per heavy atom. The van der Waals surface area contributed by atoms with Crippen molar-refractivity contribution in [3.8, 4) is 0 Å². The average Bonchev–Trinajstić information content (AvgIpc) is 2.93. The lowest BCUT2D eigenvalue weighted by atomic mass is 9.76. The molecule has 44 heavy (non-hydrogen) atoms. The molecule has 0 heterocycles. The number of amides is 1. The van der Waals surface area contributed by atoms with Gasteiger partial charge in [-0.15, -0.1) is 0 Å². The summed E-state index contributed by atoms with van der Waals surface area (Å²) in [4.78, 5) is 13.7. The Labute approximate surface area is 247 Å². The molecular formula is C33H26F9NO. The molecule has 0 aliphatic carbocycles. The van der Waals surface area contributed by atoms with Crippen molar-refractivity contribution in [2.24, 2.45) is 5.92 Å². The first-order chi connectivity index (χ1) is 20.5. The zero-order valence-electron chi connectivity index (χ0n) is 23.4. The molecule has 232 valence electrons. The van der Waals surface area contributed by atoms with Gasteiger partial charge in [-0.1, -0.05) is 56.3 Å². The Kier molecular flexibility index (Phi) is 9.18. The maximum absolute atomic E-state index is 14.9. The molecule has 4 aromatic rings. The molecule has 0 fully saturated rings. The minimum absolute atomic E-state index is 0.0450. The second-order valence-electron chi connectivity index (χ2n) is 10.8. The molecule has 11 heteroatoms. The number of rotatable bonds is 8. The summed E-state index contributed by atoms with van der Waals surface area (Å²) in [6.45, 7) is 3.61. The van der Waals surface area contributed by atoms with Gasteiger partial charge in [0.05, 0.1) is 16.7 Å². The molecule has 0 unspecified atom stereocenters. The number of hydrogen-bond donors (Lipinski definition) is 1. The van der Waals surface area contributed by atoms with Crippen LogP contribution in [0.25, 0.3) is 0 Å². The number of benzene rings is 4. The lowest BCUT2D eigenvalue weighted by molar-refractivity contribution is -0.140. The Morgan fingerprint density at radius 3 is 1.95 bits per heavy atom. The van der Waals surface area contributed by atoms with Crippen molar-refractivity contribution in [2.45, 2.75) is 44.6 Å². The van der Waals surface area contributed by atoms with Crippen LogP contribution in [0.5, 0.6) is 0 Å². The van der Waals surface area contributed by atoms with Crippen molar-refractivity contribution < 1.29 is 44.3 Å². The van der Waals surface area contributed by atoms with E-state index in [2.05, 4.69) is 5.32 Å². The standard InChI is InChI=1S/C33H26F9NO/c1-19(2)12-22-13-23(9-11-28(22)35)31(18-20-6-4-3-5-7-20,24-15-25(32(37,38)39)17-26(34)16-24)43-30(44)21-8-10-29(36)27(14-21)33(40,41)42/h3-11,13-17,19H,12,18H2,1-2H3,(H,43,44)/t31-/m1/s1. The first-order valence-electron chi connectivity index (χ1n) is 13.4. The topological polar surface area (TPSA) is 29.1 Å². The van der Waals surface area contributed by atoms with Gasteiger partial charge < -0.3 is 5.32 Å². The quantitative estimate of drug-likeness (QED) is 0.195. The van der Waals surface area contributed by atoms with Crippen molar-refractivity contribution in [3.05, 3.63) is 141 Å². The van der Waals surface area contributed by atoms with Crippen LogP contribution >= 0.6 is 0 Å². The highest BCUT2D eigenvalue weighted by Crippen LogP contribution is 2.40. The van der Waals surface area contributed by atoms with E-state index < -0.39 is 63.5 Å². The van der Waals surface area contributed by atoms with E-state index in [1.807, 2.05) is 0 Å². The van der Waals surface area contributed by atoms with Crippen LogP contribution in [0.15, 0.2) is 84.9 Å². The van der Waals surface area contributed by atoms with Crippen LogP contribution in [0, 0.1) is 23.4 Å². The lowest BCUT2D eigenvalue weighted by Gasteiger charge is -2.37. The predicted octanol–water partition coefficient (Wildman–Crippen LogP) is 9.26. The van der Waals surface area contributed by atoms with Crippen LogP contribution in [-0.2, 0) is 30.7 Å². The van der Waals surface area contributed by atoms with Gasteiger partial charge in [-0.3, -0.25) is 4.79 Å². The van der Waals surface area contributed by atoms with Crippen LogP contribution in [0.1, 0.15) is 57.6 Å². The number of alkyl halides is 6. The summed E-state index contributed by atoms with van der Waals surface area (Å²) in [5.41, 5.74) is -5.62. The summed E-state index contributed by atoms with van der Waals surface area (Å²) in [6, 6.07) is 14.8. The SMILES string of the molecule is CC(C)Cc1cc([C@@](Cc2ccccc2)(NC(=O)c2ccc(F)c(C(F)(F)F)c2)c2cc(F)cc(C(F)(F)F)c2)ccc1F. The minimum atomic E-state index is -5.16. The Morgan fingerprint density at radius 1 is 0.705 bits per heavy atom. The van der Waals surface area contributed by atoms with Crippen LogP contribution < -0.4 is 5.32 Å². The molecule has 0 spiro atoms. The second kappa shape index (κ2) is 12.4. The fraction of sp³-hybridized carbons (Fsp3) is 0.242. The number of carbonyl (C=O) groups is 1. The van der Waals surface area contributed by atoms with Gasteiger partial charge in [0.2, 0.25) is 0 Å². The summed E-state index contributed by atoms with van der Waals surface area (Å²) >= 11 is 0. The summed E-state index contributed by atoms with van der Waals surface area (Å²) in [7, 11) is 0. The maximum atomic E-state index is 14.9. The zero-order valence-corrected chi connectivity index (χ0v) is 23.4. The first-order valence-corrected chi connectivity index (χ1v) is 13.4. The molecular weight excluding hydrogens is 597 g/mol. The van der Waals surface area contributed by atoms with E-state index in [0.717, 1.165) is 18.2 Å². The number of carbonyl (C=O) groups excluding carboxylic acids is 1. The highest BCUT2D eigenvalue weighted by atomic mass is 19.4. The van der Waals surface area contributed by atoms with E-state index in [1.165, 1.54) is 12.1 Å². The molecule has 4 aromatic carbocycles. The summed E-state index contributed by atoms with van der Waals surface area (Å²) in [6.07, 6.45) is -10.3. The van der Waals surface area contributed by atoms with Crippen LogP contribution in [-0.4, -0.2) is 5.91 Å². The fourth-order valence-electron chi connectivity index (χ4n) is 5.05. The smallest absolute Gasteiger partial charge is 0.338 e. The lowest BCUT2D eigenvalue weighted by Crippen LogP contribution is -2.49. The van der Waals surface area contributed by atoms with Gasteiger partial charge in [0.15, 0.2) is 0 Å². The van der Waals surface area contributed by atoms with Crippen molar-refractivity contribution in [2.75, 3.05) is 0 Å². The molecule has 0 aromatic heterocycles. The summed E-state index contributed by atoms with van der Waals surface area (Å²) in [5, 5.41) is 2.55. The second-order valence-corrected chi connectivity index (χ2v) is 10.8. The van der Waals surface area contributed by atoms with E-state index >= 15 is 0 Å². The predicted molar refractivity (Wildman–Crippen MR) is 146 cm³/mol. The van der Waals surface area contributed by atoms with E-state index in [4.69, 9.17) is 0 Å². The van der Waals surface area contributed by atoms with Crippen LogP contribution in [0.2, 0.25) is 0 Å². The number of hydrogen-bond acceptors (Lipinski definition) is 1. The molecule has 0 aliphatic heterocycles. The molecule has 0 bridgehead atoms. The highest BCUT2D eigenvalue weighted by molar-refractivity contribution is 5.95. The molecule has 0 radical (unpaired) electrons. The highest BCUT2D eigenvalue weighted by Gasteiger charge is 2.41. The third kappa shape index (κ3) is 7.26. The summed E-state index contributed by atoms with van der Waals surface area (Å²) < 4.78 is 126. The van der Waals surface area contributed by atoms with Crippen molar-refractivity contribution in [3.63, 3.8) is 0 Å². The van der Waals surface area contributed by atoms with Gasteiger partial charge in [-0.05, 0) is 77.1 Å². The number of halogens is 9. The molecule has 0 aliphatic rings. The first kappa shape index (κ1) is 32.6. The van der Waals surface area contributed by atoms with E-state index in [-0.39, 0.29) is 42.0 Å². The van der Waals surface area contributed by atoms with Crippen molar-refractivity contribution in [1.29, 1.82) is 0 Å². The molecule has 0 saturated heterocycles. The molecule has 4 rings (SSSR count). The molecule has 2 nitrogen and oxygen atoms in total. The van der Waals surface area contributed by atoms with Crippen molar-refractivity contribution in [1.82, 2.24) is 5.32 Å². The molecule has 1 N–H and O–H groups in total. The van der Waals surface area contributed by atoms with E-state index in [1.54, 1.807) is 44.2 Å². The van der Waals surface area contributed by atoms with Gasteiger partial charge in [-0.2, -0.15) is 26.3 Å². The third-order valence-corrected chi connectivity index (χ3v) is 7.06. The van der Waals surface area contributed by atoms with Gasteiger partial charge in [0, 0.05) is 12.0 Å². The molecule has 1 amide bonds. The summed E-state index contributed by atoms with van der Waals surface area (Å²) in [5.74, 6) is -4.86. The van der Waals surface area contributed by atoms with Crippen molar-refractivity contribution >= 4 is 5.91 Å². The Hall–Kier alpha value is -4.28. The molecule has 1 atom stereocenters. The van der Waals surface area contributed by atoms with Gasteiger partial charge >= 0.3 is 12.4 Å². The fourth-order valence-corrected chi connectivity index (χ4v) is 5.05. The van der Waals surface area contributed by atoms with Crippen LogP contribution in [0.3, 0.4) is 0 Å². The molecule has 0 saturated carbocycles. The number of nitrogens with one attached hydrogen (secondary N) is 1. The monoisotopic (exact) mass is 623 g/mol.